The summed E-state index contributed by atoms with van der Waals surface area (Å²) in [4.78, 5) is 16.4. The van der Waals surface area contributed by atoms with Crippen molar-refractivity contribution in [3.8, 4) is 17.2 Å². The Morgan fingerprint density at radius 2 is 2.00 bits per heavy atom. The average molecular weight is 399 g/mol. The molecule has 2 aliphatic rings. The summed E-state index contributed by atoms with van der Waals surface area (Å²) in [6.45, 7) is -2.69. The largest absolute Gasteiger partial charge is 0.493 e. The van der Waals surface area contributed by atoms with Crippen LogP contribution in [0.25, 0.3) is 6.08 Å². The monoisotopic (exact) mass is 399 g/mol. The smallest absolute Gasteiger partial charge is 0.387 e. The predicted octanol–water partition coefficient (Wildman–Crippen LogP) is 3.96. The molecule has 0 fully saturated rings. The number of benzene rings is 2. The third kappa shape index (κ3) is 3.96. The van der Waals surface area contributed by atoms with E-state index in [1.807, 2.05) is 30.3 Å². The van der Waals surface area contributed by atoms with E-state index < -0.39 is 12.6 Å². The van der Waals surface area contributed by atoms with E-state index in [1.165, 1.54) is 25.3 Å². The number of halogens is 2. The molecule has 0 saturated carbocycles. The molecule has 29 heavy (non-hydrogen) atoms. The second-order valence-electron chi connectivity index (χ2n) is 6.13. The van der Waals surface area contributed by atoms with Gasteiger partial charge in [-0.3, -0.25) is 0 Å². The molecular weight excluding hydrogens is 384 g/mol. The van der Waals surface area contributed by atoms with Crippen molar-refractivity contribution in [1.82, 2.24) is 0 Å². The summed E-state index contributed by atoms with van der Waals surface area (Å²) < 4.78 is 45.3. The van der Waals surface area contributed by atoms with Gasteiger partial charge < -0.3 is 18.9 Å². The molecule has 6 nitrogen and oxygen atoms in total. The highest BCUT2D eigenvalue weighted by Crippen LogP contribution is 2.31. The highest BCUT2D eigenvalue weighted by atomic mass is 19.3. The lowest BCUT2D eigenvalue weighted by Gasteiger charge is -2.15. The molecule has 2 aromatic rings. The lowest BCUT2D eigenvalue weighted by Crippen LogP contribution is -2.08. The summed E-state index contributed by atoms with van der Waals surface area (Å²) in [5.41, 5.74) is 2.17. The average Bonchev–Trinajstić information content (AvgIpc) is 3.08. The fourth-order valence-corrected chi connectivity index (χ4v) is 2.92. The number of carbonyl (C=O) groups is 1. The van der Waals surface area contributed by atoms with Crippen molar-refractivity contribution in [2.45, 2.75) is 6.61 Å². The predicted molar refractivity (Wildman–Crippen MR) is 100 cm³/mol. The number of alkyl halides is 2. The first kappa shape index (κ1) is 18.7. The topological polar surface area (TPSA) is 66.4 Å². The minimum absolute atomic E-state index is 0.0425. The number of hydrogen-bond acceptors (Lipinski definition) is 6. The zero-order chi connectivity index (χ0) is 20.4. The van der Waals surface area contributed by atoms with Crippen LogP contribution in [0, 0.1) is 0 Å². The Kier molecular flexibility index (Phi) is 4.99. The van der Waals surface area contributed by atoms with Gasteiger partial charge >= 0.3 is 12.6 Å². The SMILES string of the molecule is COc1cc(C2=NC(=CC3=Cc4ccccc4OC3)C(=O)O2)ccc1OC(F)F. The quantitative estimate of drug-likeness (QED) is 0.563. The molecule has 0 amide bonds. The van der Waals surface area contributed by atoms with E-state index in [9.17, 15) is 13.6 Å². The number of para-hydroxylation sites is 1. The molecule has 0 bridgehead atoms. The number of esters is 1. The number of rotatable bonds is 5. The zero-order valence-electron chi connectivity index (χ0n) is 15.2. The fraction of sp³-hybridized carbons (Fsp3) is 0.143. The van der Waals surface area contributed by atoms with E-state index in [0.29, 0.717) is 12.2 Å². The number of fused-ring (bicyclic) bond motifs is 1. The normalized spacial score (nSPS) is 16.7. The van der Waals surface area contributed by atoms with Crippen molar-refractivity contribution in [3.05, 3.63) is 70.9 Å². The van der Waals surface area contributed by atoms with Crippen LogP contribution >= 0.6 is 0 Å². The van der Waals surface area contributed by atoms with Crippen LogP contribution in [0.1, 0.15) is 11.1 Å². The summed E-state index contributed by atoms with van der Waals surface area (Å²) in [7, 11) is 1.32. The van der Waals surface area contributed by atoms with Gasteiger partial charge in [0, 0.05) is 11.1 Å². The summed E-state index contributed by atoms with van der Waals surface area (Å²) in [5.74, 6) is 0.132. The molecule has 4 rings (SSSR count). The van der Waals surface area contributed by atoms with Gasteiger partial charge in [-0.15, -0.1) is 0 Å². The van der Waals surface area contributed by atoms with E-state index in [0.717, 1.165) is 16.9 Å². The number of methoxy groups -OCH3 is 1. The third-order valence-corrected chi connectivity index (χ3v) is 4.22. The van der Waals surface area contributed by atoms with Crippen LogP contribution in [-0.2, 0) is 9.53 Å². The Labute approximate surface area is 164 Å². The van der Waals surface area contributed by atoms with Gasteiger partial charge in [-0.1, -0.05) is 18.2 Å². The molecule has 148 valence electrons. The summed E-state index contributed by atoms with van der Waals surface area (Å²) in [5, 5.41) is 0. The van der Waals surface area contributed by atoms with Crippen LogP contribution in [-0.4, -0.2) is 32.2 Å². The van der Waals surface area contributed by atoms with Crippen molar-refractivity contribution in [3.63, 3.8) is 0 Å². The van der Waals surface area contributed by atoms with E-state index in [2.05, 4.69) is 9.73 Å². The highest BCUT2D eigenvalue weighted by Gasteiger charge is 2.26. The minimum atomic E-state index is -2.98. The first-order valence-electron chi connectivity index (χ1n) is 8.61. The van der Waals surface area contributed by atoms with Crippen LogP contribution in [0.5, 0.6) is 17.2 Å². The van der Waals surface area contributed by atoms with Crippen molar-refractivity contribution >= 4 is 17.9 Å². The van der Waals surface area contributed by atoms with E-state index in [4.69, 9.17) is 14.2 Å². The van der Waals surface area contributed by atoms with Gasteiger partial charge in [-0.05, 0) is 42.0 Å². The molecule has 0 unspecified atom stereocenters. The molecule has 0 atom stereocenters. The Hall–Kier alpha value is -3.68. The Bertz CT molecular complexity index is 1060. The van der Waals surface area contributed by atoms with Gasteiger partial charge in [-0.25, -0.2) is 9.79 Å². The molecule has 2 heterocycles. The molecule has 0 saturated heterocycles. The lowest BCUT2D eigenvalue weighted by atomic mass is 10.1. The Morgan fingerprint density at radius 1 is 1.17 bits per heavy atom. The molecule has 0 N–H and O–H groups in total. The molecule has 0 aromatic heterocycles. The standard InChI is InChI=1S/C21H15F2NO5/c1-26-18-10-14(6-7-17(18)28-21(22)23)19-24-15(20(25)29-19)9-12-8-13-4-2-3-5-16(13)27-11-12/h2-10,21H,11H2,1H3. The molecule has 2 aromatic carbocycles. The highest BCUT2D eigenvalue weighted by molar-refractivity contribution is 6.11. The Morgan fingerprint density at radius 3 is 2.79 bits per heavy atom. The van der Waals surface area contributed by atoms with E-state index in [1.54, 1.807) is 6.08 Å². The number of carbonyl (C=O) groups excluding carboxylic acids is 1. The van der Waals surface area contributed by atoms with Gasteiger partial charge in [0.25, 0.3) is 0 Å². The number of cyclic esters (lactones) is 1. The number of ether oxygens (including phenoxy) is 4. The second-order valence-corrected chi connectivity index (χ2v) is 6.13. The van der Waals surface area contributed by atoms with Crippen molar-refractivity contribution in [2.24, 2.45) is 4.99 Å². The molecular formula is C21H15F2NO5. The Balaban J connectivity index is 1.61. The maximum atomic E-state index is 12.5. The fourth-order valence-electron chi connectivity index (χ4n) is 2.92. The lowest BCUT2D eigenvalue weighted by molar-refractivity contribution is -0.130. The molecule has 0 radical (unpaired) electrons. The third-order valence-electron chi connectivity index (χ3n) is 4.22. The zero-order valence-corrected chi connectivity index (χ0v) is 15.2. The minimum Gasteiger partial charge on any atom is -0.493 e. The maximum absolute atomic E-state index is 12.5. The van der Waals surface area contributed by atoms with E-state index in [-0.39, 0.29) is 23.1 Å². The van der Waals surface area contributed by atoms with Gasteiger partial charge in [0.05, 0.1) is 7.11 Å². The number of aliphatic imine (C=N–C) groups is 1. The summed E-state index contributed by atoms with van der Waals surface area (Å²) >= 11 is 0. The van der Waals surface area contributed by atoms with Crippen LogP contribution in [0.4, 0.5) is 8.78 Å². The van der Waals surface area contributed by atoms with Gasteiger partial charge in [-0.2, -0.15) is 8.78 Å². The molecule has 8 heteroatoms. The van der Waals surface area contributed by atoms with Gasteiger partial charge in [0.2, 0.25) is 5.90 Å². The van der Waals surface area contributed by atoms with Crippen LogP contribution in [0.3, 0.4) is 0 Å². The second kappa shape index (κ2) is 7.75. The first-order valence-corrected chi connectivity index (χ1v) is 8.61. The van der Waals surface area contributed by atoms with Crippen molar-refractivity contribution in [1.29, 1.82) is 0 Å². The van der Waals surface area contributed by atoms with E-state index >= 15 is 0 Å². The summed E-state index contributed by atoms with van der Waals surface area (Å²) in [6, 6.07) is 11.7. The van der Waals surface area contributed by atoms with Crippen molar-refractivity contribution < 1.29 is 32.5 Å². The van der Waals surface area contributed by atoms with Gasteiger partial charge in [0.1, 0.15) is 12.4 Å². The molecule has 0 spiro atoms. The van der Waals surface area contributed by atoms with Crippen molar-refractivity contribution in [2.75, 3.05) is 13.7 Å². The number of nitrogens with zero attached hydrogens (tertiary/aromatic N) is 1. The van der Waals surface area contributed by atoms with Crippen LogP contribution < -0.4 is 14.2 Å². The van der Waals surface area contributed by atoms with Gasteiger partial charge in [0.15, 0.2) is 17.2 Å². The van der Waals surface area contributed by atoms with Crippen LogP contribution in [0.2, 0.25) is 0 Å². The summed E-state index contributed by atoms with van der Waals surface area (Å²) in [6.07, 6.45) is 3.50. The number of hydrogen-bond donors (Lipinski definition) is 0. The molecule has 0 aliphatic carbocycles. The van der Waals surface area contributed by atoms with Crippen LogP contribution in [0.15, 0.2) is 64.8 Å². The maximum Gasteiger partial charge on any atom is 0.387 e. The molecule has 2 aliphatic heterocycles. The first-order chi connectivity index (χ1) is 14.0.